The first kappa shape index (κ1) is 65.8. The Labute approximate surface area is 632 Å². The molecule has 0 radical (unpaired) electrons. The minimum Gasteiger partial charge on any atom is -0.294 e. The van der Waals surface area contributed by atoms with Crippen LogP contribution in [0, 0.1) is 0 Å². The van der Waals surface area contributed by atoms with Crippen molar-refractivity contribution < 1.29 is 0 Å². The summed E-state index contributed by atoms with van der Waals surface area (Å²) in [5, 5.41) is 6.46. The molecule has 0 saturated carbocycles. The maximum atomic E-state index is 4.82. The molecule has 0 aliphatic carbocycles. The second-order valence-electron chi connectivity index (χ2n) is 25.4. The first-order valence-electron chi connectivity index (χ1n) is 35.5. The number of aromatic nitrogens is 22. The zero-order valence-electron chi connectivity index (χ0n) is 58.7. The van der Waals surface area contributed by atoms with Crippen LogP contribution < -0.4 is 0 Å². The van der Waals surface area contributed by atoms with Gasteiger partial charge in [-0.2, -0.15) is 0 Å². The largest absolute Gasteiger partial charge is 0.294 e. The second-order valence-corrected chi connectivity index (χ2v) is 25.4. The predicted molar refractivity (Wildman–Crippen MR) is 429 cm³/mol. The lowest BCUT2D eigenvalue weighted by Gasteiger charge is -2.10. The van der Waals surface area contributed by atoms with Crippen molar-refractivity contribution in [3.63, 3.8) is 0 Å². The van der Waals surface area contributed by atoms with Gasteiger partial charge in [-0.15, -0.1) is 0 Å². The van der Waals surface area contributed by atoms with Gasteiger partial charge in [-0.05, 0) is 188 Å². The molecule has 522 valence electrons. The molecule has 5 aromatic carbocycles. The van der Waals surface area contributed by atoms with E-state index in [0.29, 0.717) is 86.6 Å². The number of hydrogen-bond acceptors (Lipinski definition) is 19. The van der Waals surface area contributed by atoms with Crippen LogP contribution >= 0.6 is 0 Å². The molecular weight excluding hydrogens is 1380 g/mol. The quantitative estimate of drug-likeness (QED) is 0.110. The third kappa shape index (κ3) is 12.9. The van der Waals surface area contributed by atoms with Gasteiger partial charge in [0.05, 0.1) is 16.6 Å². The zero-order chi connectivity index (χ0) is 73.8. The third-order valence-electron chi connectivity index (χ3n) is 18.5. The molecule has 0 bridgehead atoms. The highest BCUT2D eigenvalue weighted by atomic mass is 15.1. The molecule has 0 aliphatic rings. The predicted octanol–water partition coefficient (Wildman–Crippen LogP) is 17.9. The smallest absolute Gasteiger partial charge is 0.182 e. The molecule has 0 saturated heterocycles. The Hall–Kier alpha value is -16.0. The lowest BCUT2D eigenvalue weighted by Crippen LogP contribution is -2.02. The molecule has 0 N–H and O–H groups in total. The molecule has 21 aromatic rings. The topological polar surface area (TPSA) is 260 Å². The third-order valence-corrected chi connectivity index (χ3v) is 18.5. The van der Waals surface area contributed by atoms with E-state index in [1.165, 1.54) is 0 Å². The number of pyridine rings is 10. The number of fused-ring (bicyclic) bond motifs is 9. The average Bonchev–Trinajstić information content (AvgIpc) is 1.61. The Balaban J connectivity index is 0.000000112. The molecule has 0 unspecified atom stereocenters. The monoisotopic (exact) mass is 1430 g/mol. The highest BCUT2D eigenvalue weighted by Gasteiger charge is 2.22. The van der Waals surface area contributed by atoms with Crippen molar-refractivity contribution in [2.24, 2.45) is 0 Å². The van der Waals surface area contributed by atoms with Gasteiger partial charge >= 0.3 is 0 Å². The van der Waals surface area contributed by atoms with Gasteiger partial charge in [0.15, 0.2) is 52.4 Å². The second kappa shape index (κ2) is 29.2. The summed E-state index contributed by atoms with van der Waals surface area (Å²) in [6.45, 7) is 0. The molecule has 111 heavy (non-hydrogen) atoms. The van der Waals surface area contributed by atoms with E-state index in [2.05, 4.69) is 143 Å². The van der Waals surface area contributed by atoms with Gasteiger partial charge in [0.25, 0.3) is 0 Å². The van der Waals surface area contributed by atoms with E-state index in [9.17, 15) is 0 Å². The first-order chi connectivity index (χ1) is 55.0. The highest BCUT2D eigenvalue weighted by molar-refractivity contribution is 6.11. The maximum absolute atomic E-state index is 4.82. The molecule has 0 atom stereocenters. The first-order valence-corrected chi connectivity index (χ1v) is 35.5. The van der Waals surface area contributed by atoms with Crippen LogP contribution in [-0.4, -0.2) is 108 Å². The molecule has 16 aromatic heterocycles. The van der Waals surface area contributed by atoms with E-state index >= 15 is 0 Å². The van der Waals surface area contributed by atoms with Gasteiger partial charge in [0, 0.05) is 122 Å². The van der Waals surface area contributed by atoms with Crippen molar-refractivity contribution in [2.75, 3.05) is 0 Å². The van der Waals surface area contributed by atoms with Crippen LogP contribution in [0.5, 0.6) is 0 Å². The van der Waals surface area contributed by atoms with Crippen LogP contribution in [0.2, 0.25) is 0 Å². The van der Waals surface area contributed by atoms with E-state index in [0.717, 1.165) is 99.7 Å². The van der Waals surface area contributed by atoms with Gasteiger partial charge in [-0.1, -0.05) is 91.0 Å². The van der Waals surface area contributed by atoms with E-state index in [1.807, 2.05) is 207 Å². The molecule has 0 aliphatic heterocycles. The van der Waals surface area contributed by atoms with Gasteiger partial charge in [0.1, 0.15) is 56.9 Å². The van der Waals surface area contributed by atoms with Gasteiger partial charge in [-0.3, -0.25) is 43.6 Å². The lowest BCUT2D eigenvalue weighted by molar-refractivity contribution is 1.04. The van der Waals surface area contributed by atoms with Crippen molar-refractivity contribution in [2.45, 2.75) is 0 Å². The fourth-order valence-corrected chi connectivity index (χ4v) is 13.5. The molecule has 22 heteroatoms. The van der Waals surface area contributed by atoms with Crippen molar-refractivity contribution >= 4 is 65.8 Å². The molecule has 22 nitrogen and oxygen atoms in total. The Morgan fingerprint density at radius 3 is 0.883 bits per heavy atom. The number of benzene rings is 5. The summed E-state index contributed by atoms with van der Waals surface area (Å²) in [6.07, 6.45) is 17.6. The zero-order valence-corrected chi connectivity index (χ0v) is 58.7. The van der Waals surface area contributed by atoms with Crippen LogP contribution in [0.1, 0.15) is 0 Å². The van der Waals surface area contributed by atoms with E-state index in [-0.39, 0.29) is 0 Å². The van der Waals surface area contributed by atoms with Gasteiger partial charge in [0.2, 0.25) is 0 Å². The van der Waals surface area contributed by atoms with Crippen molar-refractivity contribution in [1.29, 1.82) is 0 Å². The Bertz CT molecular complexity index is 6440. The van der Waals surface area contributed by atoms with Gasteiger partial charge < -0.3 is 0 Å². The van der Waals surface area contributed by atoms with Crippen molar-refractivity contribution in [3.8, 4) is 120 Å². The summed E-state index contributed by atoms with van der Waals surface area (Å²) >= 11 is 0. The van der Waals surface area contributed by atoms with Crippen LogP contribution in [-0.2, 0) is 0 Å². The lowest BCUT2D eigenvalue weighted by atomic mass is 10.1. The standard InChI is InChI=1S/2C30H19N7.C29H18N8/c1-2-15-26-22(11-1)23-12-8-18-33-30(23)37(26)21-10-7-9-20(19-21)27-34-28(24-13-3-5-16-31-24)36-29(35-27)25-14-4-6-17-32-25;1-2-9-21(10-3-1)37-26-15-14-20(19-23(26)22-11-8-18-33-30(22)37)27-34-28(24-12-4-6-16-31-24)36-29(35-27)25-13-5-7-17-32-25;1-4-14-30-22(9-1)27-34-26(35-28(36-27)23-10-2-5-15-31-23)19-12-13-24-21(18-19)20-8-7-17-33-29(20)37(24)25-11-3-6-16-32-25/h2*1-19H;1-18H. The van der Waals surface area contributed by atoms with Crippen molar-refractivity contribution in [1.82, 2.24) is 108 Å². The Morgan fingerprint density at radius 1 is 0.171 bits per heavy atom. The number of nitrogens with zero attached hydrogens (tertiary/aromatic N) is 22. The maximum Gasteiger partial charge on any atom is 0.182 e. The normalized spacial score (nSPS) is 11.2. The molecule has 21 rings (SSSR count). The molecular formula is C89H56N22. The van der Waals surface area contributed by atoms with Gasteiger partial charge in [-0.25, -0.2) is 64.8 Å². The minimum atomic E-state index is 0.490. The van der Waals surface area contributed by atoms with E-state index in [4.69, 9.17) is 49.8 Å². The summed E-state index contributed by atoms with van der Waals surface area (Å²) in [5.41, 5.74) is 14.4. The minimum absolute atomic E-state index is 0.490. The Kier molecular flexibility index (Phi) is 17.3. The SMILES string of the molecule is c1ccc(-c2nc(-c3ccc4c(c3)c3cccnc3n4-c3ccccn3)nc(-c3ccccn3)n2)nc1.c1ccc(-c2nc(-c3cccc(-n4c5ccccc5c5cccnc54)c3)nc(-c3ccccn3)n2)nc1.c1ccc(-n2c3ccc(-c4nc(-c5ccccn5)nc(-c5ccccn5)n4)cc3c3cccnc32)cc1. The Morgan fingerprint density at radius 2 is 0.477 bits per heavy atom. The molecule has 0 spiro atoms. The highest BCUT2D eigenvalue weighted by Crippen LogP contribution is 2.38. The summed E-state index contributed by atoms with van der Waals surface area (Å²) < 4.78 is 6.43. The number of hydrogen-bond donors (Lipinski definition) is 0. The molecule has 0 amide bonds. The number of rotatable bonds is 12. The number of para-hydroxylation sites is 2. The van der Waals surface area contributed by atoms with Crippen LogP contribution in [0.25, 0.3) is 186 Å². The fourth-order valence-electron chi connectivity index (χ4n) is 13.5. The molecule has 0 fully saturated rings. The fraction of sp³-hybridized carbons (Fsp3) is 0. The summed E-state index contributed by atoms with van der Waals surface area (Å²) in [5.74, 6) is 5.43. The van der Waals surface area contributed by atoms with Crippen molar-refractivity contribution in [3.05, 3.63) is 341 Å². The van der Waals surface area contributed by atoms with E-state index < -0.39 is 0 Å². The average molecular weight is 1430 g/mol. The van der Waals surface area contributed by atoms with E-state index in [1.54, 1.807) is 49.6 Å². The van der Waals surface area contributed by atoms with Crippen LogP contribution in [0.3, 0.4) is 0 Å². The van der Waals surface area contributed by atoms with Crippen LogP contribution in [0.4, 0.5) is 0 Å². The summed E-state index contributed by atoms with van der Waals surface area (Å²) in [7, 11) is 0. The molecule has 16 heterocycles. The van der Waals surface area contributed by atoms with Crippen LogP contribution in [0.15, 0.2) is 341 Å². The summed E-state index contributed by atoms with van der Waals surface area (Å²) in [4.78, 5) is 88.3. The summed E-state index contributed by atoms with van der Waals surface area (Å²) in [6, 6.07) is 91.3.